The van der Waals surface area contributed by atoms with E-state index in [1.165, 1.54) is 12.1 Å². The number of hydrogen-bond donors (Lipinski definition) is 1. The summed E-state index contributed by atoms with van der Waals surface area (Å²) in [5.41, 5.74) is 2.96. The number of para-hydroxylation sites is 1. The molecule has 1 aliphatic carbocycles. The van der Waals surface area contributed by atoms with Crippen LogP contribution in [0.5, 0.6) is 0 Å². The number of carbonyl (C=O) groups is 1. The number of amides is 1. The molecule has 3 heteroatoms. The highest BCUT2D eigenvalue weighted by atomic mass is 19.1. The summed E-state index contributed by atoms with van der Waals surface area (Å²) in [6.45, 7) is 1.97. The summed E-state index contributed by atoms with van der Waals surface area (Å²) in [5.74, 6) is 0.0311. The van der Waals surface area contributed by atoms with Gasteiger partial charge < -0.3 is 5.32 Å². The number of anilines is 1. The Labute approximate surface area is 117 Å². The van der Waals surface area contributed by atoms with E-state index in [1.807, 2.05) is 31.2 Å². The smallest absolute Gasteiger partial charge is 0.228 e. The zero-order valence-corrected chi connectivity index (χ0v) is 11.3. The van der Waals surface area contributed by atoms with Gasteiger partial charge in [0, 0.05) is 11.6 Å². The van der Waals surface area contributed by atoms with Crippen LogP contribution in [-0.4, -0.2) is 5.91 Å². The minimum absolute atomic E-state index is 0.0000624. The van der Waals surface area contributed by atoms with E-state index in [0.717, 1.165) is 23.2 Å². The van der Waals surface area contributed by atoms with Crippen molar-refractivity contribution < 1.29 is 9.18 Å². The van der Waals surface area contributed by atoms with Gasteiger partial charge in [-0.25, -0.2) is 4.39 Å². The molecular weight excluding hydrogens is 253 g/mol. The van der Waals surface area contributed by atoms with Crippen LogP contribution in [0.2, 0.25) is 0 Å². The average Bonchev–Trinajstić information content (AvgIpc) is 3.23. The molecule has 3 rings (SSSR count). The molecule has 2 aromatic rings. The van der Waals surface area contributed by atoms with Gasteiger partial charge in [-0.2, -0.15) is 0 Å². The molecule has 0 bridgehead atoms. The van der Waals surface area contributed by atoms with Crippen molar-refractivity contribution >= 4 is 11.6 Å². The van der Waals surface area contributed by atoms with Crippen LogP contribution >= 0.6 is 0 Å². The van der Waals surface area contributed by atoms with Crippen molar-refractivity contribution in [3.63, 3.8) is 0 Å². The Morgan fingerprint density at radius 2 is 1.85 bits per heavy atom. The molecule has 0 heterocycles. The highest BCUT2D eigenvalue weighted by molar-refractivity contribution is 5.95. The van der Waals surface area contributed by atoms with E-state index in [-0.39, 0.29) is 23.6 Å². The van der Waals surface area contributed by atoms with Crippen molar-refractivity contribution in [2.45, 2.75) is 19.3 Å². The molecule has 2 unspecified atom stereocenters. The Kier molecular flexibility index (Phi) is 3.26. The van der Waals surface area contributed by atoms with Gasteiger partial charge in [-0.05, 0) is 48.6 Å². The fraction of sp³-hybridized carbons (Fsp3) is 0.235. The summed E-state index contributed by atoms with van der Waals surface area (Å²) < 4.78 is 12.9. The second kappa shape index (κ2) is 5.08. The molecule has 20 heavy (non-hydrogen) atoms. The molecule has 1 fully saturated rings. The first-order chi connectivity index (χ1) is 9.65. The second-order valence-corrected chi connectivity index (χ2v) is 5.30. The molecule has 102 valence electrons. The Morgan fingerprint density at radius 1 is 1.15 bits per heavy atom. The number of nitrogens with one attached hydrogen (secondary N) is 1. The third kappa shape index (κ3) is 2.57. The van der Waals surface area contributed by atoms with E-state index in [0.29, 0.717) is 0 Å². The van der Waals surface area contributed by atoms with E-state index in [4.69, 9.17) is 0 Å². The lowest BCUT2D eigenvalue weighted by Gasteiger charge is -2.07. The molecule has 0 aliphatic heterocycles. The van der Waals surface area contributed by atoms with Crippen LogP contribution in [0.4, 0.5) is 10.1 Å². The Bertz CT molecular complexity index is 636. The number of rotatable bonds is 3. The molecule has 2 aromatic carbocycles. The lowest BCUT2D eigenvalue weighted by Crippen LogP contribution is -2.15. The first kappa shape index (κ1) is 12.9. The predicted octanol–water partition coefficient (Wildman–Crippen LogP) is 3.88. The lowest BCUT2D eigenvalue weighted by atomic mass is 10.1. The quantitative estimate of drug-likeness (QED) is 0.900. The number of hydrogen-bond acceptors (Lipinski definition) is 1. The fourth-order valence-corrected chi connectivity index (χ4v) is 2.50. The topological polar surface area (TPSA) is 29.1 Å². The van der Waals surface area contributed by atoms with E-state index in [1.54, 1.807) is 12.1 Å². The third-order valence-corrected chi connectivity index (χ3v) is 3.83. The van der Waals surface area contributed by atoms with Gasteiger partial charge in [0.05, 0.1) is 0 Å². The van der Waals surface area contributed by atoms with E-state index >= 15 is 0 Å². The molecule has 0 radical (unpaired) electrons. The standard InChI is InChI=1S/C17H16FNO/c1-11-4-2-3-5-16(11)19-17(20)15-10-14(15)12-6-8-13(18)9-7-12/h2-9,14-15H,10H2,1H3,(H,19,20). The fourth-order valence-electron chi connectivity index (χ4n) is 2.50. The number of aryl methyl sites for hydroxylation is 1. The van der Waals surface area contributed by atoms with Gasteiger partial charge in [-0.15, -0.1) is 0 Å². The summed E-state index contributed by atoms with van der Waals surface area (Å²) in [7, 11) is 0. The largest absolute Gasteiger partial charge is 0.326 e. The van der Waals surface area contributed by atoms with Gasteiger partial charge in [0.2, 0.25) is 5.91 Å². The van der Waals surface area contributed by atoms with Crippen molar-refractivity contribution in [2.75, 3.05) is 5.32 Å². The van der Waals surface area contributed by atoms with Gasteiger partial charge in [0.15, 0.2) is 0 Å². The van der Waals surface area contributed by atoms with Crippen molar-refractivity contribution in [3.05, 3.63) is 65.5 Å². The highest BCUT2D eigenvalue weighted by Crippen LogP contribution is 2.48. The number of halogens is 1. The van der Waals surface area contributed by atoms with Crippen molar-refractivity contribution in [1.29, 1.82) is 0 Å². The van der Waals surface area contributed by atoms with Gasteiger partial charge in [-0.3, -0.25) is 4.79 Å². The minimum atomic E-state index is -0.240. The monoisotopic (exact) mass is 269 g/mol. The van der Waals surface area contributed by atoms with Crippen LogP contribution in [0.15, 0.2) is 48.5 Å². The van der Waals surface area contributed by atoms with Crippen LogP contribution in [0.3, 0.4) is 0 Å². The third-order valence-electron chi connectivity index (χ3n) is 3.83. The first-order valence-electron chi connectivity index (χ1n) is 6.77. The van der Waals surface area contributed by atoms with Gasteiger partial charge in [-0.1, -0.05) is 30.3 Å². The van der Waals surface area contributed by atoms with Crippen molar-refractivity contribution in [3.8, 4) is 0 Å². The van der Waals surface area contributed by atoms with Crippen LogP contribution in [0.1, 0.15) is 23.5 Å². The van der Waals surface area contributed by atoms with Crippen LogP contribution in [-0.2, 0) is 4.79 Å². The number of carbonyl (C=O) groups excluding carboxylic acids is 1. The molecular formula is C17H16FNO. The van der Waals surface area contributed by atoms with E-state index in [2.05, 4.69) is 5.32 Å². The molecule has 0 aromatic heterocycles. The molecule has 1 saturated carbocycles. The second-order valence-electron chi connectivity index (χ2n) is 5.30. The summed E-state index contributed by atoms with van der Waals surface area (Å²) in [5, 5.41) is 2.97. The van der Waals surface area contributed by atoms with Crippen LogP contribution < -0.4 is 5.32 Å². The molecule has 1 N–H and O–H groups in total. The molecule has 1 aliphatic rings. The maximum absolute atomic E-state index is 12.9. The Hall–Kier alpha value is -2.16. The Balaban J connectivity index is 1.66. The summed E-state index contributed by atoms with van der Waals surface area (Å²) in [6, 6.07) is 14.2. The minimum Gasteiger partial charge on any atom is -0.326 e. The van der Waals surface area contributed by atoms with Crippen molar-refractivity contribution in [2.24, 2.45) is 5.92 Å². The Morgan fingerprint density at radius 3 is 2.55 bits per heavy atom. The van der Waals surface area contributed by atoms with Gasteiger partial charge in [0.1, 0.15) is 5.82 Å². The predicted molar refractivity (Wildman–Crippen MR) is 77.1 cm³/mol. The van der Waals surface area contributed by atoms with E-state index < -0.39 is 0 Å². The van der Waals surface area contributed by atoms with Crippen LogP contribution in [0.25, 0.3) is 0 Å². The molecule has 0 saturated heterocycles. The summed E-state index contributed by atoms with van der Waals surface area (Å²) >= 11 is 0. The normalized spacial score (nSPS) is 20.5. The molecule has 1 amide bonds. The molecule has 0 spiro atoms. The lowest BCUT2D eigenvalue weighted by molar-refractivity contribution is -0.117. The van der Waals surface area contributed by atoms with Gasteiger partial charge >= 0.3 is 0 Å². The number of benzene rings is 2. The maximum Gasteiger partial charge on any atom is 0.228 e. The van der Waals surface area contributed by atoms with Gasteiger partial charge in [0.25, 0.3) is 0 Å². The maximum atomic E-state index is 12.9. The molecule has 2 atom stereocenters. The van der Waals surface area contributed by atoms with Crippen molar-refractivity contribution in [1.82, 2.24) is 0 Å². The molecule has 2 nitrogen and oxygen atoms in total. The SMILES string of the molecule is Cc1ccccc1NC(=O)C1CC1c1ccc(F)cc1. The summed E-state index contributed by atoms with van der Waals surface area (Å²) in [6.07, 6.45) is 0.837. The van der Waals surface area contributed by atoms with E-state index in [9.17, 15) is 9.18 Å². The average molecular weight is 269 g/mol. The summed E-state index contributed by atoms with van der Waals surface area (Å²) in [4.78, 5) is 12.2. The highest BCUT2D eigenvalue weighted by Gasteiger charge is 2.43. The first-order valence-corrected chi connectivity index (χ1v) is 6.77. The zero-order valence-electron chi connectivity index (χ0n) is 11.3. The zero-order chi connectivity index (χ0) is 14.1. The van der Waals surface area contributed by atoms with Crippen LogP contribution in [0, 0.1) is 18.7 Å².